The molecule has 3 aromatic carbocycles. The van der Waals surface area contributed by atoms with Crippen molar-refractivity contribution in [2.75, 3.05) is 6.79 Å². The second kappa shape index (κ2) is 8.06. The Balaban J connectivity index is 1.56. The third kappa shape index (κ3) is 3.85. The fourth-order valence-electron chi connectivity index (χ4n) is 3.78. The van der Waals surface area contributed by atoms with Crippen molar-refractivity contribution in [1.82, 2.24) is 5.32 Å². The Morgan fingerprint density at radius 2 is 1.67 bits per heavy atom. The Labute approximate surface area is 191 Å². The van der Waals surface area contributed by atoms with Crippen LogP contribution in [-0.4, -0.2) is 17.6 Å². The van der Waals surface area contributed by atoms with E-state index in [1.165, 1.54) is 0 Å². The first-order valence-electron chi connectivity index (χ1n) is 9.53. The van der Waals surface area contributed by atoms with Crippen LogP contribution in [0.5, 0.6) is 17.2 Å². The SMILES string of the molecule is Oc1ccc(Br)cc1[C@@H]1CC(c2ccc3c(c2)OCO3)=N[C@H](c2ccc(Br)cc2)N1. The Morgan fingerprint density at radius 1 is 0.900 bits per heavy atom. The van der Waals surface area contributed by atoms with Crippen LogP contribution in [0.4, 0.5) is 0 Å². The molecule has 30 heavy (non-hydrogen) atoms. The van der Waals surface area contributed by atoms with Gasteiger partial charge in [0.05, 0.1) is 0 Å². The van der Waals surface area contributed by atoms with E-state index in [0.29, 0.717) is 6.42 Å². The van der Waals surface area contributed by atoms with Gasteiger partial charge in [0.25, 0.3) is 0 Å². The number of rotatable bonds is 3. The minimum Gasteiger partial charge on any atom is -0.508 e. The number of nitrogens with one attached hydrogen (secondary N) is 1. The van der Waals surface area contributed by atoms with Crippen molar-refractivity contribution in [2.24, 2.45) is 4.99 Å². The first-order chi connectivity index (χ1) is 14.6. The quantitative estimate of drug-likeness (QED) is 0.445. The molecule has 2 atom stereocenters. The lowest BCUT2D eigenvalue weighted by molar-refractivity contribution is 0.174. The molecule has 152 valence electrons. The van der Waals surface area contributed by atoms with Crippen LogP contribution in [0, 0.1) is 0 Å². The number of benzene rings is 3. The van der Waals surface area contributed by atoms with Crippen LogP contribution in [-0.2, 0) is 0 Å². The van der Waals surface area contributed by atoms with Gasteiger partial charge < -0.3 is 14.6 Å². The Morgan fingerprint density at radius 3 is 2.50 bits per heavy atom. The number of phenolic OH excluding ortho intramolecular Hbond substituents is 1. The molecule has 2 aliphatic rings. The number of nitrogens with zero attached hydrogens (tertiary/aromatic N) is 1. The summed E-state index contributed by atoms with van der Waals surface area (Å²) in [4.78, 5) is 5.01. The van der Waals surface area contributed by atoms with E-state index >= 15 is 0 Å². The molecule has 0 radical (unpaired) electrons. The second-order valence-electron chi connectivity index (χ2n) is 7.22. The van der Waals surface area contributed by atoms with Crippen LogP contribution < -0.4 is 14.8 Å². The summed E-state index contributed by atoms with van der Waals surface area (Å²) < 4.78 is 12.9. The summed E-state index contributed by atoms with van der Waals surface area (Å²) in [6.07, 6.45) is 0.395. The standard InChI is InChI=1S/C23H18Br2N2O3/c24-15-4-1-13(2-5-15)23-26-18(14-3-8-21-22(9-14)30-12-29-21)11-19(27-23)17-10-16(25)6-7-20(17)28/h1-10,19,23,27-28H,11-12H2/t19-,23-/m0/s1. The highest BCUT2D eigenvalue weighted by atomic mass is 79.9. The molecule has 5 nitrogen and oxygen atoms in total. The smallest absolute Gasteiger partial charge is 0.231 e. The van der Waals surface area contributed by atoms with Gasteiger partial charge in [-0.2, -0.15) is 0 Å². The summed E-state index contributed by atoms with van der Waals surface area (Å²) in [6, 6.07) is 19.4. The molecule has 0 spiro atoms. The molecule has 2 aliphatic heterocycles. The predicted octanol–water partition coefficient (Wildman–Crippen LogP) is 5.87. The van der Waals surface area contributed by atoms with Gasteiger partial charge in [0, 0.05) is 32.7 Å². The second-order valence-corrected chi connectivity index (χ2v) is 9.06. The van der Waals surface area contributed by atoms with Crippen LogP contribution >= 0.6 is 31.9 Å². The third-order valence-electron chi connectivity index (χ3n) is 5.30. The Hall–Kier alpha value is -2.35. The van der Waals surface area contributed by atoms with E-state index in [2.05, 4.69) is 37.2 Å². The fraction of sp³-hybridized carbons (Fsp3) is 0.174. The van der Waals surface area contributed by atoms with Gasteiger partial charge in [0.2, 0.25) is 6.79 Å². The molecule has 3 aromatic rings. The van der Waals surface area contributed by atoms with E-state index in [0.717, 1.165) is 42.8 Å². The lowest BCUT2D eigenvalue weighted by atomic mass is 9.93. The fourth-order valence-corrected chi connectivity index (χ4v) is 4.42. The number of aromatic hydroxyl groups is 1. The highest BCUT2D eigenvalue weighted by Gasteiger charge is 2.28. The number of halogens is 2. The number of hydrogen-bond donors (Lipinski definition) is 2. The maximum absolute atomic E-state index is 10.5. The molecular weight excluding hydrogens is 512 g/mol. The van der Waals surface area contributed by atoms with E-state index in [1.807, 2.05) is 54.6 Å². The molecule has 2 heterocycles. The highest BCUT2D eigenvalue weighted by Crippen LogP contribution is 2.38. The van der Waals surface area contributed by atoms with E-state index < -0.39 is 0 Å². The molecule has 0 amide bonds. The first kappa shape index (κ1) is 19.6. The van der Waals surface area contributed by atoms with E-state index in [9.17, 15) is 5.11 Å². The Kier molecular flexibility index (Phi) is 5.26. The van der Waals surface area contributed by atoms with Crippen LogP contribution in [0.15, 0.2) is 74.6 Å². The van der Waals surface area contributed by atoms with Crippen LogP contribution in [0.25, 0.3) is 0 Å². The van der Waals surface area contributed by atoms with Crippen molar-refractivity contribution in [3.8, 4) is 17.2 Å². The molecule has 0 saturated heterocycles. The van der Waals surface area contributed by atoms with Crippen LogP contribution in [0.2, 0.25) is 0 Å². The lowest BCUT2D eigenvalue weighted by Crippen LogP contribution is -2.33. The van der Waals surface area contributed by atoms with Crippen molar-refractivity contribution in [3.63, 3.8) is 0 Å². The number of fused-ring (bicyclic) bond motifs is 1. The topological polar surface area (TPSA) is 63.1 Å². The highest BCUT2D eigenvalue weighted by molar-refractivity contribution is 9.10. The van der Waals surface area contributed by atoms with Crippen molar-refractivity contribution >= 4 is 37.6 Å². The zero-order chi connectivity index (χ0) is 20.7. The molecule has 2 N–H and O–H groups in total. The normalized spacial score (nSPS) is 20.1. The molecule has 0 aromatic heterocycles. The van der Waals surface area contributed by atoms with Gasteiger partial charge in [-0.1, -0.05) is 44.0 Å². The summed E-state index contributed by atoms with van der Waals surface area (Å²) in [5.74, 6) is 1.74. The van der Waals surface area contributed by atoms with Gasteiger partial charge in [-0.05, 0) is 59.7 Å². The number of hydrogen-bond acceptors (Lipinski definition) is 5. The van der Waals surface area contributed by atoms with Gasteiger partial charge in [0.1, 0.15) is 11.9 Å². The van der Waals surface area contributed by atoms with Crippen LogP contribution in [0.1, 0.15) is 35.3 Å². The van der Waals surface area contributed by atoms with Crippen molar-refractivity contribution in [3.05, 3.63) is 86.3 Å². The van der Waals surface area contributed by atoms with Gasteiger partial charge in [0.15, 0.2) is 11.5 Å². The molecule has 0 unspecified atom stereocenters. The summed E-state index contributed by atoms with van der Waals surface area (Å²) >= 11 is 7.01. The summed E-state index contributed by atoms with van der Waals surface area (Å²) in [5.41, 5.74) is 3.82. The molecular formula is C23H18Br2N2O3. The molecule has 0 fully saturated rings. The van der Waals surface area contributed by atoms with Crippen molar-refractivity contribution < 1.29 is 14.6 Å². The van der Waals surface area contributed by atoms with E-state index in [-0.39, 0.29) is 24.8 Å². The molecule has 5 rings (SSSR count). The zero-order valence-corrected chi connectivity index (χ0v) is 19.0. The minimum atomic E-state index is -0.240. The summed E-state index contributed by atoms with van der Waals surface area (Å²) in [5, 5.41) is 14.1. The minimum absolute atomic E-state index is 0.103. The Bertz CT molecular complexity index is 1130. The average molecular weight is 530 g/mol. The average Bonchev–Trinajstić information content (AvgIpc) is 3.23. The maximum atomic E-state index is 10.5. The molecule has 7 heteroatoms. The summed E-state index contributed by atoms with van der Waals surface area (Å²) in [6.45, 7) is 0.239. The zero-order valence-electron chi connectivity index (χ0n) is 15.8. The third-order valence-corrected chi connectivity index (χ3v) is 6.32. The lowest BCUT2D eigenvalue weighted by Gasteiger charge is -2.31. The summed E-state index contributed by atoms with van der Waals surface area (Å²) in [7, 11) is 0. The van der Waals surface area contributed by atoms with Gasteiger partial charge >= 0.3 is 0 Å². The van der Waals surface area contributed by atoms with E-state index in [4.69, 9.17) is 14.5 Å². The van der Waals surface area contributed by atoms with Crippen LogP contribution in [0.3, 0.4) is 0 Å². The molecule has 0 bridgehead atoms. The predicted molar refractivity (Wildman–Crippen MR) is 122 cm³/mol. The monoisotopic (exact) mass is 528 g/mol. The molecule has 0 saturated carbocycles. The number of aliphatic imine (C=N–C) groups is 1. The first-order valence-corrected chi connectivity index (χ1v) is 11.1. The van der Waals surface area contributed by atoms with Gasteiger partial charge in [-0.25, -0.2) is 0 Å². The largest absolute Gasteiger partial charge is 0.508 e. The van der Waals surface area contributed by atoms with Crippen molar-refractivity contribution in [2.45, 2.75) is 18.6 Å². The number of ether oxygens (including phenoxy) is 2. The van der Waals surface area contributed by atoms with Gasteiger partial charge in [-0.3, -0.25) is 10.3 Å². The number of phenols is 1. The molecule has 0 aliphatic carbocycles. The van der Waals surface area contributed by atoms with E-state index in [1.54, 1.807) is 6.07 Å². The maximum Gasteiger partial charge on any atom is 0.231 e. The van der Waals surface area contributed by atoms with Gasteiger partial charge in [-0.15, -0.1) is 0 Å². The van der Waals surface area contributed by atoms with Crippen molar-refractivity contribution in [1.29, 1.82) is 0 Å².